The third kappa shape index (κ3) is 3.09. The number of rotatable bonds is 5. The number of carbonyl (C=O) groups excluding carboxylic acids is 1. The van der Waals surface area contributed by atoms with E-state index in [-0.39, 0.29) is 23.5 Å². The SMILES string of the molecule is COc1cccc(CC(=O)c2cc(OC)ccc2O)c1. The number of carbonyl (C=O) groups is 1. The highest BCUT2D eigenvalue weighted by atomic mass is 16.5. The Morgan fingerprint density at radius 3 is 2.45 bits per heavy atom. The molecule has 2 aromatic rings. The summed E-state index contributed by atoms with van der Waals surface area (Å²) in [7, 11) is 3.09. The van der Waals surface area contributed by atoms with Crippen LogP contribution in [0.15, 0.2) is 42.5 Å². The molecule has 1 N–H and O–H groups in total. The Balaban J connectivity index is 2.23. The van der Waals surface area contributed by atoms with E-state index in [1.54, 1.807) is 19.2 Å². The molecule has 2 rings (SSSR count). The largest absolute Gasteiger partial charge is 0.507 e. The minimum atomic E-state index is -0.172. The lowest BCUT2D eigenvalue weighted by atomic mass is 10.0. The summed E-state index contributed by atoms with van der Waals surface area (Å²) in [5, 5.41) is 9.78. The molecule has 0 radical (unpaired) electrons. The standard InChI is InChI=1S/C16H16O4/c1-19-12-5-3-4-11(8-12)9-16(18)14-10-13(20-2)6-7-15(14)17/h3-8,10,17H,9H2,1-2H3. The van der Waals surface area contributed by atoms with E-state index in [2.05, 4.69) is 0 Å². The Kier molecular flexibility index (Phi) is 4.25. The van der Waals surface area contributed by atoms with Crippen molar-refractivity contribution in [3.8, 4) is 17.2 Å². The van der Waals surface area contributed by atoms with Crippen molar-refractivity contribution in [2.45, 2.75) is 6.42 Å². The number of hydrogen-bond acceptors (Lipinski definition) is 4. The van der Waals surface area contributed by atoms with Gasteiger partial charge < -0.3 is 14.6 Å². The second kappa shape index (κ2) is 6.10. The molecule has 0 aromatic heterocycles. The molecule has 0 fully saturated rings. The number of Topliss-reactive ketones (excluding diaryl/α,β-unsaturated/α-hetero) is 1. The number of methoxy groups -OCH3 is 2. The van der Waals surface area contributed by atoms with Crippen LogP contribution in [-0.2, 0) is 6.42 Å². The van der Waals surface area contributed by atoms with E-state index < -0.39 is 0 Å². The fourth-order valence-electron chi connectivity index (χ4n) is 1.93. The molecular formula is C16H16O4. The summed E-state index contributed by atoms with van der Waals surface area (Å²) in [4.78, 5) is 12.2. The fourth-order valence-corrected chi connectivity index (χ4v) is 1.93. The Morgan fingerprint density at radius 2 is 1.75 bits per heavy atom. The molecule has 0 unspecified atom stereocenters. The zero-order valence-electron chi connectivity index (χ0n) is 11.4. The van der Waals surface area contributed by atoms with E-state index in [1.807, 2.05) is 18.2 Å². The van der Waals surface area contributed by atoms with Gasteiger partial charge in [-0.25, -0.2) is 0 Å². The summed E-state index contributed by atoms with van der Waals surface area (Å²) in [6, 6.07) is 11.9. The van der Waals surface area contributed by atoms with Crippen LogP contribution in [0.5, 0.6) is 17.2 Å². The first-order valence-electron chi connectivity index (χ1n) is 6.17. The number of hydrogen-bond donors (Lipinski definition) is 1. The topological polar surface area (TPSA) is 55.8 Å². The molecule has 4 nitrogen and oxygen atoms in total. The van der Waals surface area contributed by atoms with Crippen LogP contribution in [-0.4, -0.2) is 25.1 Å². The minimum Gasteiger partial charge on any atom is -0.507 e. The van der Waals surface area contributed by atoms with Crippen molar-refractivity contribution >= 4 is 5.78 Å². The summed E-state index contributed by atoms with van der Waals surface area (Å²) in [5.74, 6) is 1.02. The van der Waals surface area contributed by atoms with Gasteiger partial charge in [0.2, 0.25) is 0 Å². The normalized spacial score (nSPS) is 10.1. The van der Waals surface area contributed by atoms with Crippen LogP contribution in [0.2, 0.25) is 0 Å². The molecule has 2 aromatic carbocycles. The Bertz CT molecular complexity index is 620. The lowest BCUT2D eigenvalue weighted by Gasteiger charge is -2.07. The Labute approximate surface area is 117 Å². The highest BCUT2D eigenvalue weighted by Gasteiger charge is 2.13. The summed E-state index contributed by atoms with van der Waals surface area (Å²) in [5.41, 5.74) is 1.09. The van der Waals surface area contributed by atoms with Gasteiger partial charge in [0.25, 0.3) is 0 Å². The van der Waals surface area contributed by atoms with Gasteiger partial charge in [-0.2, -0.15) is 0 Å². The van der Waals surface area contributed by atoms with Crippen LogP contribution in [0.25, 0.3) is 0 Å². The third-order valence-corrected chi connectivity index (χ3v) is 3.00. The van der Waals surface area contributed by atoms with Crippen molar-refractivity contribution in [1.29, 1.82) is 0 Å². The highest BCUT2D eigenvalue weighted by molar-refractivity contribution is 6.00. The maximum absolute atomic E-state index is 12.2. The van der Waals surface area contributed by atoms with E-state index in [0.717, 1.165) is 5.56 Å². The maximum atomic E-state index is 12.2. The van der Waals surface area contributed by atoms with Crippen molar-refractivity contribution < 1.29 is 19.4 Å². The second-order valence-corrected chi connectivity index (χ2v) is 4.33. The van der Waals surface area contributed by atoms with Gasteiger partial charge in [-0.15, -0.1) is 0 Å². The van der Waals surface area contributed by atoms with E-state index in [9.17, 15) is 9.90 Å². The molecule has 0 saturated heterocycles. The van der Waals surface area contributed by atoms with E-state index in [1.165, 1.54) is 19.2 Å². The Hall–Kier alpha value is -2.49. The molecule has 20 heavy (non-hydrogen) atoms. The van der Waals surface area contributed by atoms with Crippen molar-refractivity contribution in [2.75, 3.05) is 14.2 Å². The van der Waals surface area contributed by atoms with Crippen molar-refractivity contribution in [3.05, 3.63) is 53.6 Å². The van der Waals surface area contributed by atoms with Gasteiger partial charge in [-0.1, -0.05) is 12.1 Å². The van der Waals surface area contributed by atoms with Crippen LogP contribution in [0.1, 0.15) is 15.9 Å². The molecule has 0 saturated carbocycles. The van der Waals surface area contributed by atoms with Crippen LogP contribution in [0, 0.1) is 0 Å². The second-order valence-electron chi connectivity index (χ2n) is 4.33. The predicted octanol–water partition coefficient (Wildman–Crippen LogP) is 2.83. The molecule has 0 aliphatic heterocycles. The quantitative estimate of drug-likeness (QED) is 0.850. The monoisotopic (exact) mass is 272 g/mol. The van der Waals surface area contributed by atoms with Crippen LogP contribution < -0.4 is 9.47 Å². The van der Waals surface area contributed by atoms with Crippen LogP contribution in [0.4, 0.5) is 0 Å². The number of phenolic OH excluding ortho intramolecular Hbond substituents is 1. The predicted molar refractivity (Wildman–Crippen MR) is 75.7 cm³/mol. The van der Waals surface area contributed by atoms with Crippen molar-refractivity contribution in [3.63, 3.8) is 0 Å². The summed E-state index contributed by atoms with van der Waals surface area (Å²) in [6.07, 6.45) is 0.192. The highest BCUT2D eigenvalue weighted by Crippen LogP contribution is 2.24. The molecule has 0 spiro atoms. The fraction of sp³-hybridized carbons (Fsp3) is 0.188. The zero-order chi connectivity index (χ0) is 14.5. The first kappa shape index (κ1) is 13.9. The zero-order valence-corrected chi connectivity index (χ0v) is 11.4. The van der Waals surface area contributed by atoms with E-state index >= 15 is 0 Å². The number of benzene rings is 2. The van der Waals surface area contributed by atoms with Gasteiger partial charge in [0.1, 0.15) is 17.2 Å². The van der Waals surface area contributed by atoms with Gasteiger partial charge in [0.05, 0.1) is 19.8 Å². The lowest BCUT2D eigenvalue weighted by Crippen LogP contribution is -2.04. The Morgan fingerprint density at radius 1 is 1.05 bits per heavy atom. The van der Waals surface area contributed by atoms with Crippen LogP contribution >= 0.6 is 0 Å². The van der Waals surface area contributed by atoms with E-state index in [0.29, 0.717) is 11.5 Å². The van der Waals surface area contributed by atoms with Crippen molar-refractivity contribution in [1.82, 2.24) is 0 Å². The molecule has 0 atom stereocenters. The molecule has 0 heterocycles. The first-order chi connectivity index (χ1) is 9.63. The number of phenols is 1. The molecule has 0 aliphatic rings. The number of ketones is 1. The van der Waals surface area contributed by atoms with Gasteiger partial charge in [-0.3, -0.25) is 4.79 Å². The lowest BCUT2D eigenvalue weighted by molar-refractivity contribution is 0.0990. The minimum absolute atomic E-state index is 0.0429. The summed E-state index contributed by atoms with van der Waals surface area (Å²) in [6.45, 7) is 0. The molecule has 0 amide bonds. The third-order valence-electron chi connectivity index (χ3n) is 3.00. The first-order valence-corrected chi connectivity index (χ1v) is 6.17. The summed E-state index contributed by atoms with van der Waals surface area (Å²) >= 11 is 0. The molecular weight excluding hydrogens is 256 g/mol. The average molecular weight is 272 g/mol. The molecule has 104 valence electrons. The van der Waals surface area contributed by atoms with E-state index in [4.69, 9.17) is 9.47 Å². The molecule has 0 bridgehead atoms. The van der Waals surface area contributed by atoms with Crippen molar-refractivity contribution in [2.24, 2.45) is 0 Å². The summed E-state index contributed by atoms with van der Waals surface area (Å²) < 4.78 is 10.2. The number of aromatic hydroxyl groups is 1. The molecule has 0 aliphatic carbocycles. The van der Waals surface area contributed by atoms with Gasteiger partial charge in [-0.05, 0) is 35.9 Å². The van der Waals surface area contributed by atoms with Crippen LogP contribution in [0.3, 0.4) is 0 Å². The average Bonchev–Trinajstić information content (AvgIpc) is 2.47. The van der Waals surface area contributed by atoms with Gasteiger partial charge in [0.15, 0.2) is 5.78 Å². The number of ether oxygens (including phenoxy) is 2. The smallest absolute Gasteiger partial charge is 0.171 e. The molecule has 4 heteroatoms. The van der Waals surface area contributed by atoms with Gasteiger partial charge in [0, 0.05) is 6.42 Å². The maximum Gasteiger partial charge on any atom is 0.171 e. The van der Waals surface area contributed by atoms with Gasteiger partial charge >= 0.3 is 0 Å².